The van der Waals surface area contributed by atoms with E-state index in [0.717, 1.165) is 29.4 Å². The lowest BCUT2D eigenvalue weighted by molar-refractivity contribution is -0.0142. The number of thiazole rings is 1. The van der Waals surface area contributed by atoms with Gasteiger partial charge in [0.1, 0.15) is 10.6 Å². The molecule has 0 unspecified atom stereocenters. The standard InChI is InChI=1S/C16H22N2OS/c1-4-19-16(2,3)15-18-14(12-20-15)10-11-17-13-8-6-5-7-9-13/h5-9,12,17H,4,10-11H2,1-3H3. The Morgan fingerprint density at radius 1 is 1.25 bits per heavy atom. The van der Waals surface area contributed by atoms with E-state index in [1.807, 2.05) is 25.1 Å². The van der Waals surface area contributed by atoms with E-state index < -0.39 is 0 Å². The third-order valence-electron chi connectivity index (χ3n) is 3.06. The van der Waals surface area contributed by atoms with Crippen molar-refractivity contribution in [3.63, 3.8) is 0 Å². The number of hydrogen-bond donors (Lipinski definition) is 1. The molecule has 1 aromatic carbocycles. The van der Waals surface area contributed by atoms with Gasteiger partial charge < -0.3 is 10.1 Å². The zero-order chi connectivity index (χ0) is 14.4. The van der Waals surface area contributed by atoms with Crippen LogP contribution in [-0.4, -0.2) is 18.1 Å². The van der Waals surface area contributed by atoms with Gasteiger partial charge in [0, 0.05) is 30.6 Å². The fourth-order valence-corrected chi connectivity index (χ4v) is 2.94. The molecule has 0 aliphatic heterocycles. The van der Waals surface area contributed by atoms with Crippen LogP contribution in [0.15, 0.2) is 35.7 Å². The van der Waals surface area contributed by atoms with E-state index in [1.165, 1.54) is 0 Å². The van der Waals surface area contributed by atoms with E-state index in [2.05, 4.69) is 41.7 Å². The molecule has 4 heteroatoms. The molecule has 0 saturated heterocycles. The summed E-state index contributed by atoms with van der Waals surface area (Å²) in [6, 6.07) is 10.2. The molecule has 1 heterocycles. The van der Waals surface area contributed by atoms with Crippen LogP contribution in [0.3, 0.4) is 0 Å². The van der Waals surface area contributed by atoms with Crippen molar-refractivity contribution in [2.24, 2.45) is 0 Å². The van der Waals surface area contributed by atoms with Crippen LogP contribution in [0.1, 0.15) is 31.5 Å². The highest BCUT2D eigenvalue weighted by atomic mass is 32.1. The zero-order valence-corrected chi connectivity index (χ0v) is 13.2. The Hall–Kier alpha value is -1.39. The van der Waals surface area contributed by atoms with Crippen LogP contribution in [0, 0.1) is 0 Å². The molecule has 108 valence electrons. The fraction of sp³-hybridized carbons (Fsp3) is 0.438. The molecule has 2 aromatic rings. The molecule has 20 heavy (non-hydrogen) atoms. The smallest absolute Gasteiger partial charge is 0.124 e. The molecule has 0 atom stereocenters. The summed E-state index contributed by atoms with van der Waals surface area (Å²) in [5, 5.41) is 6.58. The van der Waals surface area contributed by atoms with Crippen molar-refractivity contribution in [2.75, 3.05) is 18.5 Å². The Labute approximate surface area is 125 Å². The number of nitrogens with zero attached hydrogens (tertiary/aromatic N) is 1. The average molecular weight is 290 g/mol. The van der Waals surface area contributed by atoms with Crippen molar-refractivity contribution in [3.05, 3.63) is 46.4 Å². The van der Waals surface area contributed by atoms with E-state index in [4.69, 9.17) is 4.74 Å². The lowest BCUT2D eigenvalue weighted by Gasteiger charge is -2.21. The summed E-state index contributed by atoms with van der Waals surface area (Å²) in [5.41, 5.74) is 1.99. The molecule has 1 aromatic heterocycles. The Balaban J connectivity index is 1.87. The Kier molecular flexibility index (Phi) is 5.15. The Morgan fingerprint density at radius 2 is 2.00 bits per heavy atom. The Morgan fingerprint density at radius 3 is 2.70 bits per heavy atom. The topological polar surface area (TPSA) is 34.1 Å². The first kappa shape index (κ1) is 15.0. The molecule has 1 N–H and O–H groups in total. The van der Waals surface area contributed by atoms with Gasteiger partial charge in [0.15, 0.2) is 0 Å². The molecular formula is C16H22N2OS. The van der Waals surface area contributed by atoms with Crippen LogP contribution in [0.25, 0.3) is 0 Å². The molecule has 0 amide bonds. The van der Waals surface area contributed by atoms with Crippen molar-refractivity contribution >= 4 is 17.0 Å². The molecule has 0 saturated carbocycles. The van der Waals surface area contributed by atoms with Crippen molar-refractivity contribution in [1.82, 2.24) is 4.98 Å². The number of para-hydroxylation sites is 1. The van der Waals surface area contributed by atoms with E-state index in [1.54, 1.807) is 11.3 Å². The number of aromatic nitrogens is 1. The first-order chi connectivity index (χ1) is 9.62. The molecule has 0 fully saturated rings. The number of nitrogens with one attached hydrogen (secondary N) is 1. The SMILES string of the molecule is CCOC(C)(C)c1nc(CCNc2ccccc2)cs1. The highest BCUT2D eigenvalue weighted by molar-refractivity contribution is 7.09. The van der Waals surface area contributed by atoms with Gasteiger partial charge >= 0.3 is 0 Å². The fourth-order valence-electron chi connectivity index (χ4n) is 2.01. The van der Waals surface area contributed by atoms with Gasteiger partial charge in [-0.1, -0.05) is 18.2 Å². The van der Waals surface area contributed by atoms with Crippen LogP contribution >= 0.6 is 11.3 Å². The van der Waals surface area contributed by atoms with Crippen LogP contribution < -0.4 is 5.32 Å². The van der Waals surface area contributed by atoms with Crippen LogP contribution in [0.2, 0.25) is 0 Å². The van der Waals surface area contributed by atoms with Crippen molar-refractivity contribution in [1.29, 1.82) is 0 Å². The number of benzene rings is 1. The van der Waals surface area contributed by atoms with Crippen LogP contribution in [-0.2, 0) is 16.8 Å². The number of hydrogen-bond acceptors (Lipinski definition) is 4. The van der Waals surface area contributed by atoms with Gasteiger partial charge in [-0.15, -0.1) is 11.3 Å². The van der Waals surface area contributed by atoms with E-state index in [9.17, 15) is 0 Å². The predicted molar refractivity (Wildman–Crippen MR) is 85.4 cm³/mol. The third-order valence-corrected chi connectivity index (χ3v) is 4.25. The van der Waals surface area contributed by atoms with Crippen LogP contribution in [0.4, 0.5) is 5.69 Å². The van der Waals surface area contributed by atoms with Gasteiger partial charge in [-0.2, -0.15) is 0 Å². The summed E-state index contributed by atoms with van der Waals surface area (Å²) in [5.74, 6) is 0. The van der Waals surface area contributed by atoms with Crippen LogP contribution in [0.5, 0.6) is 0 Å². The molecule has 0 bridgehead atoms. The van der Waals surface area contributed by atoms with E-state index >= 15 is 0 Å². The largest absolute Gasteiger partial charge is 0.385 e. The van der Waals surface area contributed by atoms with E-state index in [0.29, 0.717) is 6.61 Å². The minimum atomic E-state index is -0.287. The Bertz CT molecular complexity index is 522. The van der Waals surface area contributed by atoms with Crippen molar-refractivity contribution < 1.29 is 4.74 Å². The summed E-state index contributed by atoms with van der Waals surface area (Å²) in [7, 11) is 0. The van der Waals surface area contributed by atoms with Gasteiger partial charge in [0.2, 0.25) is 0 Å². The molecule has 0 radical (unpaired) electrons. The lowest BCUT2D eigenvalue weighted by atomic mass is 10.1. The lowest BCUT2D eigenvalue weighted by Crippen LogP contribution is -2.21. The molecule has 0 aliphatic carbocycles. The molecular weight excluding hydrogens is 268 g/mol. The quantitative estimate of drug-likeness (QED) is 0.834. The second-order valence-corrected chi connectivity index (χ2v) is 5.99. The second kappa shape index (κ2) is 6.86. The predicted octanol–water partition coefficient (Wildman–Crippen LogP) is 4.07. The first-order valence-corrected chi connectivity index (χ1v) is 7.87. The summed E-state index contributed by atoms with van der Waals surface area (Å²) < 4.78 is 5.73. The molecule has 2 rings (SSSR count). The van der Waals surface area contributed by atoms with Crippen molar-refractivity contribution in [2.45, 2.75) is 32.8 Å². The maximum Gasteiger partial charge on any atom is 0.124 e. The molecule has 3 nitrogen and oxygen atoms in total. The first-order valence-electron chi connectivity index (χ1n) is 6.99. The van der Waals surface area contributed by atoms with E-state index in [-0.39, 0.29) is 5.60 Å². The van der Waals surface area contributed by atoms with Gasteiger partial charge in [0.25, 0.3) is 0 Å². The average Bonchev–Trinajstić information content (AvgIpc) is 2.90. The normalized spacial score (nSPS) is 11.6. The zero-order valence-electron chi connectivity index (χ0n) is 12.3. The minimum Gasteiger partial charge on any atom is -0.385 e. The number of rotatable bonds is 7. The number of ether oxygens (including phenoxy) is 1. The number of anilines is 1. The highest BCUT2D eigenvalue weighted by Crippen LogP contribution is 2.27. The van der Waals surface area contributed by atoms with Gasteiger partial charge in [-0.3, -0.25) is 0 Å². The summed E-state index contributed by atoms with van der Waals surface area (Å²) >= 11 is 1.68. The molecule has 0 aliphatic rings. The van der Waals surface area contributed by atoms with Gasteiger partial charge in [-0.25, -0.2) is 4.98 Å². The molecule has 0 spiro atoms. The highest BCUT2D eigenvalue weighted by Gasteiger charge is 2.24. The van der Waals surface area contributed by atoms with Gasteiger partial charge in [-0.05, 0) is 32.9 Å². The second-order valence-electron chi connectivity index (χ2n) is 5.13. The maximum absolute atomic E-state index is 5.73. The summed E-state index contributed by atoms with van der Waals surface area (Å²) in [6.07, 6.45) is 0.924. The minimum absolute atomic E-state index is 0.287. The van der Waals surface area contributed by atoms with Gasteiger partial charge in [0.05, 0.1) is 5.69 Å². The third kappa shape index (κ3) is 4.05. The maximum atomic E-state index is 5.73. The summed E-state index contributed by atoms with van der Waals surface area (Å²) in [4.78, 5) is 4.69. The summed E-state index contributed by atoms with van der Waals surface area (Å²) in [6.45, 7) is 7.75. The van der Waals surface area contributed by atoms with Crippen molar-refractivity contribution in [3.8, 4) is 0 Å². The monoisotopic (exact) mass is 290 g/mol.